The van der Waals surface area contributed by atoms with Crippen LogP contribution >= 0.6 is 0 Å². The van der Waals surface area contributed by atoms with Gasteiger partial charge >= 0.3 is 0 Å². The Morgan fingerprint density at radius 2 is 1.96 bits per heavy atom. The van der Waals surface area contributed by atoms with Crippen LogP contribution in [0.4, 0.5) is 5.82 Å². The Balaban J connectivity index is 1.83. The minimum Gasteiger partial charge on any atom is -0.454 e. The van der Waals surface area contributed by atoms with E-state index in [1.165, 1.54) is 6.20 Å². The number of aromatic nitrogens is 1. The van der Waals surface area contributed by atoms with E-state index in [1.807, 2.05) is 30.3 Å². The molecule has 25 heavy (non-hydrogen) atoms. The molecule has 6 nitrogen and oxygen atoms in total. The van der Waals surface area contributed by atoms with E-state index < -0.39 is 0 Å². The van der Waals surface area contributed by atoms with Gasteiger partial charge in [-0.05, 0) is 23.8 Å². The molecule has 2 aromatic heterocycles. The molecule has 0 unspecified atom stereocenters. The number of nitrogens with two attached hydrogens (primary N) is 2. The maximum atomic E-state index is 7.32. The Hall–Kier alpha value is -3.67. The largest absolute Gasteiger partial charge is 0.454 e. The number of rotatable bonds is 5. The maximum Gasteiger partial charge on any atom is 0.153 e. The van der Waals surface area contributed by atoms with E-state index in [2.05, 4.69) is 9.98 Å². The summed E-state index contributed by atoms with van der Waals surface area (Å²) in [5.74, 6) is 1.03. The summed E-state index contributed by atoms with van der Waals surface area (Å²) < 4.78 is 5.62. The van der Waals surface area contributed by atoms with Crippen LogP contribution in [0.5, 0.6) is 0 Å². The van der Waals surface area contributed by atoms with Gasteiger partial charge < -0.3 is 21.3 Å². The molecular weight excluding hydrogens is 314 g/mol. The minimum atomic E-state index is 0.488. The second kappa shape index (κ2) is 7.27. The lowest BCUT2D eigenvalue weighted by Crippen LogP contribution is -1.95. The number of nitrogens with one attached hydrogen (secondary N) is 1. The average Bonchev–Trinajstić information content (AvgIpc) is 3.06. The highest BCUT2D eigenvalue weighted by atomic mass is 16.3. The fourth-order valence-corrected chi connectivity index (χ4v) is 2.25. The summed E-state index contributed by atoms with van der Waals surface area (Å²) >= 11 is 0. The lowest BCUT2D eigenvalue weighted by molar-refractivity contribution is 0.601. The van der Waals surface area contributed by atoms with E-state index in [0.717, 1.165) is 11.8 Å². The molecule has 0 spiro atoms. The predicted molar refractivity (Wildman–Crippen MR) is 102 cm³/mol. The van der Waals surface area contributed by atoms with Crippen LogP contribution in [0, 0.1) is 5.41 Å². The van der Waals surface area contributed by atoms with Crippen LogP contribution in [0.3, 0.4) is 0 Å². The number of hydrogen-bond acceptors (Lipinski definition) is 6. The third-order valence-corrected chi connectivity index (χ3v) is 3.55. The molecule has 6 heteroatoms. The first-order valence-corrected chi connectivity index (χ1v) is 7.60. The van der Waals surface area contributed by atoms with Crippen molar-refractivity contribution in [2.24, 2.45) is 16.5 Å². The van der Waals surface area contributed by atoms with Gasteiger partial charge in [-0.2, -0.15) is 0 Å². The molecule has 5 N–H and O–H groups in total. The second-order valence-electron chi connectivity index (χ2n) is 5.20. The van der Waals surface area contributed by atoms with Crippen molar-refractivity contribution in [3.05, 3.63) is 72.1 Å². The lowest BCUT2D eigenvalue weighted by atomic mass is 10.1. The molecule has 0 radical (unpaired) electrons. The van der Waals surface area contributed by atoms with Gasteiger partial charge in [0.1, 0.15) is 11.3 Å². The standard InChI is InChI=1S/C19H17N5O/c20-11-14(12-21)18-10-16-17(25-18)6-7-19(24-16)23-9-8-15(22)13-4-2-1-3-5-13/h1-12,20H,21-22H2. The van der Waals surface area contributed by atoms with Gasteiger partial charge in [0.15, 0.2) is 11.4 Å². The third-order valence-electron chi connectivity index (χ3n) is 3.55. The Morgan fingerprint density at radius 3 is 2.68 bits per heavy atom. The number of fused-ring (bicyclic) bond motifs is 1. The molecule has 0 saturated heterocycles. The van der Waals surface area contributed by atoms with Gasteiger partial charge in [0.2, 0.25) is 0 Å². The number of aliphatic imine (C=N–C) groups is 1. The van der Waals surface area contributed by atoms with Crippen molar-refractivity contribution in [3.8, 4) is 0 Å². The van der Waals surface area contributed by atoms with Crippen molar-refractivity contribution in [1.29, 1.82) is 5.41 Å². The zero-order chi connectivity index (χ0) is 17.6. The fourth-order valence-electron chi connectivity index (χ4n) is 2.25. The maximum absolute atomic E-state index is 7.32. The van der Waals surface area contributed by atoms with Crippen molar-refractivity contribution in [3.63, 3.8) is 0 Å². The molecule has 0 fully saturated rings. The quantitative estimate of drug-likeness (QED) is 0.621. The second-order valence-corrected chi connectivity index (χ2v) is 5.20. The monoisotopic (exact) mass is 331 g/mol. The molecule has 1 aromatic carbocycles. The molecule has 3 aromatic rings. The van der Waals surface area contributed by atoms with Crippen molar-refractivity contribution in [2.45, 2.75) is 0 Å². The first-order valence-electron chi connectivity index (χ1n) is 7.60. The lowest BCUT2D eigenvalue weighted by Gasteiger charge is -1.98. The van der Waals surface area contributed by atoms with E-state index in [0.29, 0.717) is 33.9 Å². The van der Waals surface area contributed by atoms with Gasteiger partial charge in [-0.15, -0.1) is 0 Å². The first kappa shape index (κ1) is 16.2. The van der Waals surface area contributed by atoms with Gasteiger partial charge in [0.25, 0.3) is 0 Å². The van der Waals surface area contributed by atoms with E-state index >= 15 is 0 Å². The van der Waals surface area contributed by atoms with Gasteiger partial charge in [-0.25, -0.2) is 9.98 Å². The SMILES string of the molecule is N=CC(=CN)c1cc2nc(N=CC=C(N)c3ccccc3)ccc2o1. The third kappa shape index (κ3) is 3.64. The number of nitrogens with zero attached hydrogens (tertiary/aromatic N) is 2. The van der Waals surface area contributed by atoms with Crippen LogP contribution in [-0.4, -0.2) is 17.4 Å². The van der Waals surface area contributed by atoms with E-state index in [-0.39, 0.29) is 0 Å². The van der Waals surface area contributed by atoms with E-state index in [4.69, 9.17) is 21.3 Å². The Kier molecular flexibility index (Phi) is 4.71. The smallest absolute Gasteiger partial charge is 0.153 e. The molecule has 0 aliphatic rings. The van der Waals surface area contributed by atoms with Crippen LogP contribution < -0.4 is 11.5 Å². The zero-order valence-electron chi connectivity index (χ0n) is 13.4. The van der Waals surface area contributed by atoms with Crippen molar-refractivity contribution >= 4 is 40.6 Å². The molecule has 0 aliphatic carbocycles. The van der Waals surface area contributed by atoms with Crippen LogP contribution in [0.1, 0.15) is 11.3 Å². The highest BCUT2D eigenvalue weighted by Crippen LogP contribution is 2.24. The number of benzene rings is 1. The number of hydrogen-bond donors (Lipinski definition) is 3. The average molecular weight is 331 g/mol. The summed E-state index contributed by atoms with van der Waals surface area (Å²) in [7, 11) is 0. The van der Waals surface area contributed by atoms with Gasteiger partial charge in [-0.1, -0.05) is 30.3 Å². The van der Waals surface area contributed by atoms with Crippen molar-refractivity contribution < 1.29 is 4.42 Å². The van der Waals surface area contributed by atoms with Crippen LogP contribution in [0.2, 0.25) is 0 Å². The fraction of sp³-hybridized carbons (Fsp3) is 0. The summed E-state index contributed by atoms with van der Waals surface area (Å²) in [6, 6.07) is 14.9. The highest BCUT2D eigenvalue weighted by molar-refractivity contribution is 6.07. The molecule has 0 atom stereocenters. The molecule has 0 saturated carbocycles. The molecule has 0 aliphatic heterocycles. The van der Waals surface area contributed by atoms with Gasteiger partial charge in [-0.3, -0.25) is 0 Å². The van der Waals surface area contributed by atoms with E-state index in [9.17, 15) is 0 Å². The first-order chi connectivity index (χ1) is 12.2. The topological polar surface area (TPSA) is 114 Å². The molecule has 2 heterocycles. The molecule has 3 rings (SSSR count). The van der Waals surface area contributed by atoms with Crippen molar-refractivity contribution in [2.75, 3.05) is 0 Å². The Bertz CT molecular complexity index is 983. The molecule has 0 bridgehead atoms. The van der Waals surface area contributed by atoms with Crippen LogP contribution in [0.15, 0.2) is 70.2 Å². The molecular formula is C19H17N5O. The molecule has 124 valence electrons. The normalized spacial score (nSPS) is 12.8. The Morgan fingerprint density at radius 1 is 1.16 bits per heavy atom. The van der Waals surface area contributed by atoms with Gasteiger partial charge in [0.05, 0.1) is 5.57 Å². The Labute approximate surface area is 144 Å². The summed E-state index contributed by atoms with van der Waals surface area (Å²) in [6.45, 7) is 0. The summed E-state index contributed by atoms with van der Waals surface area (Å²) in [6.07, 6.45) is 5.79. The summed E-state index contributed by atoms with van der Waals surface area (Å²) in [5, 5.41) is 7.32. The van der Waals surface area contributed by atoms with Crippen molar-refractivity contribution in [1.82, 2.24) is 4.98 Å². The minimum absolute atomic E-state index is 0.488. The van der Waals surface area contributed by atoms with E-state index in [1.54, 1.807) is 30.5 Å². The zero-order valence-corrected chi connectivity index (χ0v) is 13.4. The predicted octanol–water partition coefficient (Wildman–Crippen LogP) is 3.48. The van der Waals surface area contributed by atoms with Crippen LogP contribution in [-0.2, 0) is 0 Å². The highest BCUT2D eigenvalue weighted by Gasteiger charge is 2.08. The van der Waals surface area contributed by atoms with Crippen LogP contribution in [0.25, 0.3) is 22.4 Å². The number of allylic oxidation sites excluding steroid dienone is 2. The summed E-state index contributed by atoms with van der Waals surface area (Å²) in [5.41, 5.74) is 14.8. The van der Waals surface area contributed by atoms with Gasteiger partial charge in [0, 0.05) is 30.4 Å². The molecule has 0 amide bonds. The number of furan rings is 1. The number of pyridine rings is 1. The summed E-state index contributed by atoms with van der Waals surface area (Å²) in [4.78, 5) is 8.71.